The fraction of sp³-hybridized carbons (Fsp3) is 0.875. The van der Waals surface area contributed by atoms with E-state index >= 15 is 0 Å². The zero-order valence-electron chi connectivity index (χ0n) is 7.56. The Morgan fingerprint density at radius 3 is 1.50 bits per heavy atom. The van der Waals surface area contributed by atoms with E-state index in [0.29, 0.717) is 0 Å². The summed E-state index contributed by atoms with van der Waals surface area (Å²) in [6.07, 6.45) is 6.07. The molecule has 0 aliphatic carbocycles. The van der Waals surface area contributed by atoms with Crippen LogP contribution in [0.4, 0.5) is 0 Å². The first-order valence-electron chi connectivity index (χ1n) is 3.79. The van der Waals surface area contributed by atoms with Crippen LogP contribution in [-0.4, -0.2) is 13.1 Å². The van der Waals surface area contributed by atoms with Crippen molar-refractivity contribution in [1.29, 1.82) is 0 Å². The van der Waals surface area contributed by atoms with Crippen molar-refractivity contribution in [2.24, 2.45) is 0 Å². The zero-order valence-corrected chi connectivity index (χ0v) is 10.7. The van der Waals surface area contributed by atoms with Gasteiger partial charge in [0.25, 0.3) is 0 Å². The van der Waals surface area contributed by atoms with Gasteiger partial charge in [0.15, 0.2) is 0 Å². The van der Waals surface area contributed by atoms with Crippen molar-refractivity contribution in [2.45, 2.75) is 33.1 Å². The first-order chi connectivity index (χ1) is 4.41. The second-order valence-corrected chi connectivity index (χ2v) is 2.31. The van der Waals surface area contributed by atoms with Crippen molar-refractivity contribution in [1.82, 2.24) is 0 Å². The first-order valence-corrected chi connectivity index (χ1v) is 3.79. The summed E-state index contributed by atoms with van der Waals surface area (Å²) in [5.74, 6) is 0. The summed E-state index contributed by atoms with van der Waals surface area (Å²) in [5, 5.41) is 4.18. The first kappa shape index (κ1) is 14.1. The van der Waals surface area contributed by atoms with Crippen LogP contribution < -0.4 is 51.4 Å². The minimum atomic E-state index is 0. The maximum atomic E-state index is 4.18. The van der Waals surface area contributed by atoms with E-state index < -0.39 is 0 Å². The van der Waals surface area contributed by atoms with Crippen LogP contribution in [0.3, 0.4) is 0 Å². The molecular weight excluding hydrogens is 149 g/mol. The summed E-state index contributed by atoms with van der Waals surface area (Å²) >= 11 is 0. The minimum absolute atomic E-state index is 0. The van der Waals surface area contributed by atoms with Gasteiger partial charge >= 0.3 is 51.4 Å². The Bertz CT molecular complexity index is 33.0. The van der Waals surface area contributed by atoms with Gasteiger partial charge in [-0.15, -0.1) is 13.1 Å². The molecule has 0 radical (unpaired) electrons. The molecule has 1 nitrogen and oxygen atoms in total. The van der Waals surface area contributed by atoms with Crippen molar-refractivity contribution in [3.05, 3.63) is 11.7 Å². The molecule has 1 aliphatic rings. The molecule has 0 bridgehead atoms. The van der Waals surface area contributed by atoms with Gasteiger partial charge in [-0.05, 0) is 0 Å². The Hall–Kier alpha value is 1.60. The second kappa shape index (κ2) is 13.2. The molecule has 0 aromatic rings. The molecule has 1 fully saturated rings. The Morgan fingerprint density at radius 2 is 1.40 bits per heavy atom. The predicted molar refractivity (Wildman–Crippen MR) is 42.6 cm³/mol. The average Bonchev–Trinajstić information content (AvgIpc) is 1.93. The van der Waals surface area contributed by atoms with E-state index in [1.54, 1.807) is 0 Å². The summed E-state index contributed by atoms with van der Waals surface area (Å²) in [4.78, 5) is 0. The monoisotopic (exact) mass is 166 g/mol. The van der Waals surface area contributed by atoms with Crippen molar-refractivity contribution in [3.63, 3.8) is 0 Å². The average molecular weight is 166 g/mol. The number of nitrogens with zero attached hydrogens (tertiary/aromatic N) is 1. The molecule has 1 saturated heterocycles. The maximum absolute atomic E-state index is 4.18. The topological polar surface area (TPSA) is 14.1 Å². The molecule has 0 aromatic carbocycles. The number of hydrogen-bond acceptors (Lipinski definition) is 0. The van der Waals surface area contributed by atoms with E-state index in [2.05, 4.69) is 5.32 Å². The summed E-state index contributed by atoms with van der Waals surface area (Å²) in [6.45, 7) is 6.25. The molecule has 0 saturated carbocycles. The fourth-order valence-electron chi connectivity index (χ4n) is 0.736. The van der Waals surface area contributed by atoms with E-state index in [1.807, 2.05) is 20.3 Å². The molecule has 0 aromatic heterocycles. The van der Waals surface area contributed by atoms with Gasteiger partial charge in [-0.3, -0.25) is 0 Å². The third kappa shape index (κ3) is 12.3. The van der Waals surface area contributed by atoms with Crippen molar-refractivity contribution in [3.8, 4) is 0 Å². The summed E-state index contributed by atoms with van der Waals surface area (Å²) in [7, 11) is 0. The molecule has 1 rings (SSSR count). The van der Waals surface area contributed by atoms with E-state index in [-0.39, 0.29) is 51.4 Å². The molecule has 0 amide bonds. The van der Waals surface area contributed by atoms with Crippen LogP contribution in [0.25, 0.3) is 5.32 Å². The smallest absolute Gasteiger partial charge is 0.662 e. The molecule has 56 valence electrons. The van der Waals surface area contributed by atoms with Crippen LogP contribution in [0.2, 0.25) is 0 Å². The van der Waals surface area contributed by atoms with Gasteiger partial charge in [0, 0.05) is 0 Å². The molecule has 0 unspecified atom stereocenters. The van der Waals surface area contributed by atoms with Crippen LogP contribution in [-0.2, 0) is 0 Å². The SMILES string of the molecule is C1CC[N-]CC1.C[CH-]C.[K+]. The molecule has 0 N–H and O–H groups in total. The van der Waals surface area contributed by atoms with Crippen LogP contribution in [0.1, 0.15) is 33.1 Å². The van der Waals surface area contributed by atoms with Gasteiger partial charge < -0.3 is 11.7 Å². The van der Waals surface area contributed by atoms with Gasteiger partial charge in [0.2, 0.25) is 0 Å². The normalized spacial score (nSPS) is 16.2. The van der Waals surface area contributed by atoms with Gasteiger partial charge in [0.1, 0.15) is 0 Å². The van der Waals surface area contributed by atoms with Crippen LogP contribution in [0.15, 0.2) is 0 Å². The van der Waals surface area contributed by atoms with Crippen LogP contribution in [0, 0.1) is 6.42 Å². The number of rotatable bonds is 0. The minimum Gasteiger partial charge on any atom is -0.662 e. The van der Waals surface area contributed by atoms with Crippen molar-refractivity contribution < 1.29 is 51.4 Å². The fourth-order valence-corrected chi connectivity index (χ4v) is 0.736. The van der Waals surface area contributed by atoms with Crippen molar-refractivity contribution >= 4 is 0 Å². The Morgan fingerprint density at radius 1 is 1.00 bits per heavy atom. The largest absolute Gasteiger partial charge is 1.00 e. The zero-order chi connectivity index (χ0) is 6.95. The van der Waals surface area contributed by atoms with Gasteiger partial charge in [0.05, 0.1) is 0 Å². The van der Waals surface area contributed by atoms with Crippen LogP contribution >= 0.6 is 0 Å². The van der Waals surface area contributed by atoms with Gasteiger partial charge in [-0.2, -0.15) is 13.8 Å². The van der Waals surface area contributed by atoms with E-state index in [4.69, 9.17) is 0 Å². The number of hydrogen-bond donors (Lipinski definition) is 0. The quantitative estimate of drug-likeness (QED) is 0.349. The van der Waals surface area contributed by atoms with E-state index in [9.17, 15) is 0 Å². The number of piperidine rings is 1. The molecule has 0 spiro atoms. The van der Waals surface area contributed by atoms with Gasteiger partial charge in [-0.25, -0.2) is 0 Å². The van der Waals surface area contributed by atoms with Crippen LogP contribution in [0.5, 0.6) is 0 Å². The Balaban J connectivity index is 0. The third-order valence-corrected chi connectivity index (χ3v) is 1.13. The van der Waals surface area contributed by atoms with Gasteiger partial charge in [-0.1, -0.05) is 19.3 Å². The summed E-state index contributed by atoms with van der Waals surface area (Å²) in [5.41, 5.74) is 0. The molecule has 2 heteroatoms. The molecule has 1 heterocycles. The summed E-state index contributed by atoms with van der Waals surface area (Å²) < 4.78 is 0. The Kier molecular flexibility index (Phi) is 18.7. The van der Waals surface area contributed by atoms with Crippen molar-refractivity contribution in [2.75, 3.05) is 13.1 Å². The second-order valence-electron chi connectivity index (χ2n) is 2.31. The maximum Gasteiger partial charge on any atom is 1.00 e. The van der Waals surface area contributed by atoms with E-state index in [1.165, 1.54) is 19.3 Å². The standard InChI is InChI=1S/C5H10N.C3H7.K/c1-2-4-6-5-3-1;1-3-2;/h1-5H2;3H,1-2H3;/q2*-1;+1. The predicted octanol–water partition coefficient (Wildman–Crippen LogP) is -0.222. The Labute approximate surface area is 108 Å². The molecule has 10 heavy (non-hydrogen) atoms. The molecular formula is C8H17KN-. The summed E-state index contributed by atoms with van der Waals surface area (Å²) in [6, 6.07) is 0. The van der Waals surface area contributed by atoms with E-state index in [0.717, 1.165) is 13.1 Å². The molecule has 1 aliphatic heterocycles. The molecule has 0 atom stereocenters. The third-order valence-electron chi connectivity index (χ3n) is 1.13.